The average Bonchev–Trinajstić information content (AvgIpc) is 2.48. The van der Waals surface area contributed by atoms with Gasteiger partial charge in [-0.2, -0.15) is 13.2 Å². The highest BCUT2D eigenvalue weighted by Gasteiger charge is 2.33. The lowest BCUT2D eigenvalue weighted by molar-refractivity contribution is -0.384. The van der Waals surface area contributed by atoms with Crippen molar-refractivity contribution in [3.8, 4) is 5.75 Å². The summed E-state index contributed by atoms with van der Waals surface area (Å²) in [6, 6.07) is 5.15. The summed E-state index contributed by atoms with van der Waals surface area (Å²) in [6.07, 6.45) is -4.70. The standard InChI is InChI=1S/C15H12F3N3O3.CH4/c1-8-5-9(2)14(22)12(6-8)20-19-11-4-3-10(15(16,17)18)7-13(11)21(23)24;/h3-7,22H,1-2H3;1H4. The maximum Gasteiger partial charge on any atom is 0.416 e. The Hall–Kier alpha value is -2.97. The van der Waals surface area contributed by atoms with Crippen LogP contribution in [0.15, 0.2) is 40.6 Å². The van der Waals surface area contributed by atoms with Gasteiger partial charge in [-0.05, 0) is 43.2 Å². The lowest BCUT2D eigenvalue weighted by Crippen LogP contribution is -2.05. The zero-order chi connectivity index (χ0) is 18.1. The van der Waals surface area contributed by atoms with E-state index in [-0.39, 0.29) is 24.6 Å². The van der Waals surface area contributed by atoms with Gasteiger partial charge in [-0.3, -0.25) is 10.1 Å². The Kier molecular flexibility index (Phi) is 5.85. The third-order valence-corrected chi connectivity index (χ3v) is 3.19. The molecule has 0 saturated carbocycles. The molecule has 0 bridgehead atoms. The number of phenolic OH excluding ortho intramolecular Hbond substituents is 1. The zero-order valence-electron chi connectivity index (χ0n) is 12.6. The van der Waals surface area contributed by atoms with Gasteiger partial charge in [-0.25, -0.2) is 0 Å². The van der Waals surface area contributed by atoms with Crippen LogP contribution >= 0.6 is 0 Å². The topological polar surface area (TPSA) is 88.1 Å². The molecule has 0 heterocycles. The summed E-state index contributed by atoms with van der Waals surface area (Å²) in [6.45, 7) is 3.40. The monoisotopic (exact) mass is 355 g/mol. The number of nitro groups is 1. The number of hydrogen-bond acceptors (Lipinski definition) is 5. The summed E-state index contributed by atoms with van der Waals surface area (Å²) in [5.74, 6) is -0.154. The summed E-state index contributed by atoms with van der Waals surface area (Å²) >= 11 is 0. The minimum atomic E-state index is -4.70. The van der Waals surface area contributed by atoms with Crippen LogP contribution in [0.1, 0.15) is 24.1 Å². The highest BCUT2D eigenvalue weighted by atomic mass is 19.4. The van der Waals surface area contributed by atoms with Crippen LogP contribution in [-0.2, 0) is 6.18 Å². The molecule has 6 nitrogen and oxygen atoms in total. The average molecular weight is 355 g/mol. The van der Waals surface area contributed by atoms with Crippen LogP contribution in [0.5, 0.6) is 5.75 Å². The highest BCUT2D eigenvalue weighted by Crippen LogP contribution is 2.38. The van der Waals surface area contributed by atoms with Crippen molar-refractivity contribution in [2.45, 2.75) is 27.5 Å². The number of azo groups is 1. The van der Waals surface area contributed by atoms with E-state index < -0.39 is 22.4 Å². The molecule has 2 rings (SSSR count). The van der Waals surface area contributed by atoms with Gasteiger partial charge < -0.3 is 5.11 Å². The van der Waals surface area contributed by atoms with Gasteiger partial charge in [0, 0.05) is 6.07 Å². The largest absolute Gasteiger partial charge is 0.505 e. The summed E-state index contributed by atoms with van der Waals surface area (Å²) in [4.78, 5) is 10.0. The third-order valence-electron chi connectivity index (χ3n) is 3.19. The van der Waals surface area contributed by atoms with Crippen LogP contribution in [0, 0.1) is 24.0 Å². The fourth-order valence-corrected chi connectivity index (χ4v) is 2.05. The second kappa shape index (κ2) is 7.29. The summed E-state index contributed by atoms with van der Waals surface area (Å²) in [5, 5.41) is 28.2. The second-order valence-corrected chi connectivity index (χ2v) is 5.11. The first-order valence-electron chi connectivity index (χ1n) is 6.67. The third kappa shape index (κ3) is 4.52. The van der Waals surface area contributed by atoms with Gasteiger partial charge in [0.2, 0.25) is 0 Å². The number of phenols is 1. The molecule has 0 atom stereocenters. The first kappa shape index (κ1) is 20.1. The molecular formula is C16H16F3N3O3. The number of alkyl halides is 3. The molecule has 0 radical (unpaired) electrons. The van der Waals surface area contributed by atoms with Crippen molar-refractivity contribution < 1.29 is 23.2 Å². The lowest BCUT2D eigenvalue weighted by atomic mass is 10.1. The van der Waals surface area contributed by atoms with E-state index in [9.17, 15) is 28.4 Å². The number of nitrogens with zero attached hydrogens (tertiary/aromatic N) is 3. The second-order valence-electron chi connectivity index (χ2n) is 5.11. The van der Waals surface area contributed by atoms with Gasteiger partial charge in [0.25, 0.3) is 5.69 Å². The van der Waals surface area contributed by atoms with E-state index in [1.165, 1.54) is 6.07 Å². The number of benzene rings is 2. The summed E-state index contributed by atoms with van der Waals surface area (Å²) < 4.78 is 37.9. The van der Waals surface area contributed by atoms with Gasteiger partial charge in [0.05, 0.1) is 10.5 Å². The van der Waals surface area contributed by atoms with Crippen LogP contribution in [-0.4, -0.2) is 10.0 Å². The summed E-state index contributed by atoms with van der Waals surface area (Å²) in [5.41, 5.74) is -0.930. The van der Waals surface area contributed by atoms with Crippen molar-refractivity contribution in [3.63, 3.8) is 0 Å². The van der Waals surface area contributed by atoms with Crippen molar-refractivity contribution in [1.29, 1.82) is 0 Å². The molecule has 1 N–H and O–H groups in total. The van der Waals surface area contributed by atoms with Crippen LogP contribution in [0.4, 0.5) is 30.2 Å². The molecule has 2 aromatic rings. The quantitative estimate of drug-likeness (QED) is 0.417. The smallest absolute Gasteiger partial charge is 0.416 e. The molecule has 0 saturated heterocycles. The lowest BCUT2D eigenvalue weighted by Gasteiger charge is -2.07. The molecule has 25 heavy (non-hydrogen) atoms. The number of halogens is 3. The number of rotatable bonds is 3. The zero-order valence-corrected chi connectivity index (χ0v) is 12.6. The molecular weight excluding hydrogens is 339 g/mol. The van der Waals surface area contributed by atoms with Crippen molar-refractivity contribution in [2.24, 2.45) is 10.2 Å². The first-order chi connectivity index (χ1) is 11.1. The maximum absolute atomic E-state index is 12.6. The van der Waals surface area contributed by atoms with Crippen molar-refractivity contribution >= 4 is 17.1 Å². The van der Waals surface area contributed by atoms with E-state index >= 15 is 0 Å². The number of hydrogen-bond donors (Lipinski definition) is 1. The molecule has 2 aromatic carbocycles. The molecule has 0 spiro atoms. The van der Waals surface area contributed by atoms with E-state index in [0.29, 0.717) is 17.7 Å². The molecule has 0 aromatic heterocycles. The Morgan fingerprint density at radius 3 is 2.24 bits per heavy atom. The van der Waals surface area contributed by atoms with Crippen LogP contribution in [0.3, 0.4) is 0 Å². The minimum absolute atomic E-state index is 0. The van der Waals surface area contributed by atoms with E-state index in [1.807, 2.05) is 0 Å². The molecule has 0 fully saturated rings. The van der Waals surface area contributed by atoms with Crippen molar-refractivity contribution in [3.05, 3.63) is 57.1 Å². The van der Waals surface area contributed by atoms with Crippen molar-refractivity contribution in [1.82, 2.24) is 0 Å². The highest BCUT2D eigenvalue weighted by molar-refractivity contribution is 5.60. The van der Waals surface area contributed by atoms with Gasteiger partial charge in [-0.15, -0.1) is 10.2 Å². The Bertz CT molecular complexity index is 833. The summed E-state index contributed by atoms with van der Waals surface area (Å²) in [7, 11) is 0. The van der Waals surface area contributed by atoms with Gasteiger partial charge >= 0.3 is 6.18 Å². The molecule has 0 unspecified atom stereocenters. The number of aromatic hydroxyl groups is 1. The van der Waals surface area contributed by atoms with Crippen LogP contribution in [0.25, 0.3) is 0 Å². The van der Waals surface area contributed by atoms with Gasteiger partial charge in [0.15, 0.2) is 5.69 Å². The van der Waals surface area contributed by atoms with Gasteiger partial charge in [-0.1, -0.05) is 13.5 Å². The predicted octanol–water partition coefficient (Wildman–Crippen LogP) is 5.99. The minimum Gasteiger partial charge on any atom is -0.505 e. The van der Waals surface area contributed by atoms with Crippen molar-refractivity contribution in [2.75, 3.05) is 0 Å². The number of aryl methyl sites for hydroxylation is 2. The predicted molar refractivity (Wildman–Crippen MR) is 86.6 cm³/mol. The SMILES string of the molecule is C.Cc1cc(C)c(O)c(N=Nc2ccc(C(F)(F)F)cc2[N+](=O)[O-])c1. The van der Waals surface area contributed by atoms with Crippen LogP contribution in [0.2, 0.25) is 0 Å². The Morgan fingerprint density at radius 2 is 1.68 bits per heavy atom. The normalized spacial score (nSPS) is 11.4. The maximum atomic E-state index is 12.6. The van der Waals surface area contributed by atoms with E-state index in [1.54, 1.807) is 19.9 Å². The fraction of sp³-hybridized carbons (Fsp3) is 0.250. The Morgan fingerprint density at radius 1 is 1.08 bits per heavy atom. The molecule has 134 valence electrons. The number of nitro benzene ring substituents is 1. The first-order valence-corrected chi connectivity index (χ1v) is 6.67. The fourth-order valence-electron chi connectivity index (χ4n) is 2.05. The van der Waals surface area contributed by atoms with E-state index in [0.717, 1.165) is 11.6 Å². The molecule has 0 aliphatic rings. The molecule has 9 heteroatoms. The van der Waals surface area contributed by atoms with E-state index in [2.05, 4.69) is 10.2 Å². The molecule has 0 aliphatic carbocycles. The van der Waals surface area contributed by atoms with Crippen LogP contribution < -0.4 is 0 Å². The van der Waals surface area contributed by atoms with Gasteiger partial charge in [0.1, 0.15) is 11.4 Å². The molecule has 0 amide bonds. The van der Waals surface area contributed by atoms with E-state index in [4.69, 9.17) is 0 Å². The molecule has 0 aliphatic heterocycles. The Balaban J connectivity index is 0.00000312. The Labute approximate surface area is 141 Å².